The second-order valence-corrected chi connectivity index (χ2v) is 9.29. The molecule has 1 aromatic carbocycles. The van der Waals surface area contributed by atoms with Gasteiger partial charge in [0, 0.05) is 35.6 Å². The summed E-state index contributed by atoms with van der Waals surface area (Å²) < 4.78 is 41.8. The van der Waals surface area contributed by atoms with Crippen LogP contribution >= 0.6 is 0 Å². The number of pyridine rings is 2. The van der Waals surface area contributed by atoms with E-state index in [2.05, 4.69) is 20.0 Å². The second kappa shape index (κ2) is 10.4. The number of carbonyl (C=O) groups is 2. The molecule has 0 aliphatic carbocycles. The number of carbonyl (C=O) groups excluding carboxylic acids is 2. The summed E-state index contributed by atoms with van der Waals surface area (Å²) in [5.74, 6) is -1.90. The molecule has 2 atom stereocenters. The van der Waals surface area contributed by atoms with Gasteiger partial charge >= 0.3 is 12.4 Å². The first kappa shape index (κ1) is 27.1. The SMILES string of the molecule is CCc1cc(C(C)C2(C(C)c3ccnc(CC)c3)NC(=O)N(c3ccc(OC(F)(F)F)cc3)C2=O)ccn1. The summed E-state index contributed by atoms with van der Waals surface area (Å²) in [6, 6.07) is 11.5. The van der Waals surface area contributed by atoms with Gasteiger partial charge in [0.25, 0.3) is 5.91 Å². The molecule has 38 heavy (non-hydrogen) atoms. The Morgan fingerprint density at radius 2 is 1.39 bits per heavy atom. The van der Waals surface area contributed by atoms with E-state index in [0.29, 0.717) is 12.8 Å². The predicted molar refractivity (Wildman–Crippen MR) is 136 cm³/mol. The molecule has 3 aromatic rings. The van der Waals surface area contributed by atoms with Crippen molar-refractivity contribution in [2.75, 3.05) is 4.90 Å². The lowest BCUT2D eigenvalue weighted by Gasteiger charge is -2.39. The standard InChI is InChI=1S/C28H29F3N4O3/c1-5-21-15-19(11-13-32-21)17(3)27(18(4)20-12-14-33-22(6-2)16-20)25(36)35(26(37)34-27)23-7-9-24(10-8-23)38-28(29,30)31/h7-18H,5-6H2,1-4H3,(H,34,37). The molecule has 4 rings (SSSR count). The zero-order chi connectivity index (χ0) is 27.7. The second-order valence-electron chi connectivity index (χ2n) is 9.29. The normalized spacial score (nSPS) is 19.3. The molecule has 7 nitrogen and oxygen atoms in total. The van der Waals surface area contributed by atoms with Gasteiger partial charge in [-0.05, 0) is 72.5 Å². The van der Waals surface area contributed by atoms with Crippen LogP contribution in [0.2, 0.25) is 0 Å². The first-order chi connectivity index (χ1) is 18.0. The van der Waals surface area contributed by atoms with Crippen molar-refractivity contribution in [2.45, 2.75) is 64.3 Å². The topological polar surface area (TPSA) is 84.4 Å². The van der Waals surface area contributed by atoms with Gasteiger partial charge in [-0.25, -0.2) is 9.69 Å². The zero-order valence-corrected chi connectivity index (χ0v) is 21.5. The molecule has 0 spiro atoms. The monoisotopic (exact) mass is 526 g/mol. The van der Waals surface area contributed by atoms with Gasteiger partial charge in [0.05, 0.1) is 5.69 Å². The predicted octanol–water partition coefficient (Wildman–Crippen LogP) is 5.90. The van der Waals surface area contributed by atoms with Crippen LogP contribution in [0, 0.1) is 0 Å². The van der Waals surface area contributed by atoms with E-state index in [1.165, 1.54) is 12.1 Å². The smallest absolute Gasteiger partial charge is 0.406 e. The van der Waals surface area contributed by atoms with Crippen molar-refractivity contribution >= 4 is 17.6 Å². The molecule has 0 saturated carbocycles. The molecule has 2 unspecified atom stereocenters. The molecule has 3 amide bonds. The molecule has 1 fully saturated rings. The van der Waals surface area contributed by atoms with Gasteiger partial charge in [0.2, 0.25) is 0 Å². The molecule has 0 bridgehead atoms. The van der Waals surface area contributed by atoms with Crippen LogP contribution in [-0.4, -0.2) is 33.8 Å². The highest BCUT2D eigenvalue weighted by Gasteiger charge is 2.58. The number of nitrogens with one attached hydrogen (secondary N) is 1. The van der Waals surface area contributed by atoms with Gasteiger partial charge in [-0.1, -0.05) is 27.7 Å². The zero-order valence-electron chi connectivity index (χ0n) is 21.5. The maximum absolute atomic E-state index is 14.3. The number of urea groups is 1. The molecular weight excluding hydrogens is 497 g/mol. The number of imide groups is 1. The van der Waals surface area contributed by atoms with Crippen molar-refractivity contribution in [1.82, 2.24) is 15.3 Å². The number of halogens is 3. The van der Waals surface area contributed by atoms with Crippen LogP contribution in [0.4, 0.5) is 23.7 Å². The van der Waals surface area contributed by atoms with E-state index >= 15 is 0 Å². The molecule has 1 aliphatic heterocycles. The third-order valence-corrected chi connectivity index (χ3v) is 7.17. The van der Waals surface area contributed by atoms with Gasteiger partial charge in [-0.2, -0.15) is 0 Å². The van der Waals surface area contributed by atoms with E-state index in [1.54, 1.807) is 12.4 Å². The summed E-state index contributed by atoms with van der Waals surface area (Å²) in [5, 5.41) is 2.98. The number of amides is 3. The first-order valence-corrected chi connectivity index (χ1v) is 12.4. The summed E-state index contributed by atoms with van der Waals surface area (Å²) in [6.45, 7) is 7.73. The Morgan fingerprint density at radius 3 is 1.84 bits per heavy atom. The van der Waals surface area contributed by atoms with Crippen molar-refractivity contribution in [2.24, 2.45) is 0 Å². The fourth-order valence-electron chi connectivity index (χ4n) is 5.00. The third-order valence-electron chi connectivity index (χ3n) is 7.17. The van der Waals surface area contributed by atoms with E-state index in [9.17, 15) is 22.8 Å². The number of nitrogens with zero attached hydrogens (tertiary/aromatic N) is 3. The Hall–Kier alpha value is -3.95. The highest BCUT2D eigenvalue weighted by Crippen LogP contribution is 2.45. The van der Waals surface area contributed by atoms with Crippen molar-refractivity contribution < 1.29 is 27.5 Å². The van der Waals surface area contributed by atoms with Crippen LogP contribution in [0.5, 0.6) is 5.75 Å². The molecule has 1 aliphatic rings. The maximum Gasteiger partial charge on any atom is 0.573 e. The molecule has 3 heterocycles. The average molecular weight is 527 g/mol. The first-order valence-electron chi connectivity index (χ1n) is 12.4. The minimum absolute atomic E-state index is 0.135. The number of anilines is 1. The summed E-state index contributed by atoms with van der Waals surface area (Å²) in [4.78, 5) is 37.4. The number of aromatic nitrogens is 2. The van der Waals surface area contributed by atoms with Crippen LogP contribution < -0.4 is 15.0 Å². The molecular formula is C28H29F3N4O3. The lowest BCUT2D eigenvalue weighted by Crippen LogP contribution is -2.55. The lowest BCUT2D eigenvalue weighted by molar-refractivity contribution is -0.274. The molecule has 0 radical (unpaired) electrons. The molecule has 10 heteroatoms. The summed E-state index contributed by atoms with van der Waals surface area (Å²) in [5.41, 5.74) is 2.11. The van der Waals surface area contributed by atoms with Crippen molar-refractivity contribution in [1.29, 1.82) is 0 Å². The number of rotatable bonds is 8. The Kier molecular flexibility index (Phi) is 7.44. The van der Waals surface area contributed by atoms with E-state index in [-0.39, 0.29) is 5.69 Å². The van der Waals surface area contributed by atoms with E-state index < -0.39 is 41.4 Å². The Bertz CT molecular complexity index is 1270. The Labute approximate surface area is 219 Å². The van der Waals surface area contributed by atoms with Crippen LogP contribution in [-0.2, 0) is 17.6 Å². The Balaban J connectivity index is 1.80. The molecule has 200 valence electrons. The van der Waals surface area contributed by atoms with E-state index in [1.807, 2.05) is 52.0 Å². The van der Waals surface area contributed by atoms with E-state index in [4.69, 9.17) is 0 Å². The molecule has 1 N–H and O–H groups in total. The van der Waals surface area contributed by atoms with Crippen molar-refractivity contribution in [3.63, 3.8) is 0 Å². The highest BCUT2D eigenvalue weighted by molar-refractivity contribution is 6.24. The number of benzene rings is 1. The summed E-state index contributed by atoms with van der Waals surface area (Å²) in [6.07, 6.45) is -0.0869. The molecule has 2 aromatic heterocycles. The largest absolute Gasteiger partial charge is 0.573 e. The van der Waals surface area contributed by atoms with Gasteiger partial charge < -0.3 is 10.1 Å². The minimum atomic E-state index is -4.86. The quantitative estimate of drug-likeness (QED) is 0.370. The number of ether oxygens (including phenoxy) is 1. The van der Waals surface area contributed by atoms with Gasteiger partial charge in [-0.15, -0.1) is 13.2 Å². The average Bonchev–Trinajstić information content (AvgIpc) is 3.17. The Morgan fingerprint density at radius 1 is 0.895 bits per heavy atom. The number of alkyl halides is 3. The third kappa shape index (κ3) is 5.07. The van der Waals surface area contributed by atoms with Gasteiger partial charge in [0.15, 0.2) is 0 Å². The summed E-state index contributed by atoms with van der Waals surface area (Å²) in [7, 11) is 0. The summed E-state index contributed by atoms with van der Waals surface area (Å²) >= 11 is 0. The van der Waals surface area contributed by atoms with Gasteiger partial charge in [-0.3, -0.25) is 14.8 Å². The number of hydrogen-bond acceptors (Lipinski definition) is 5. The van der Waals surface area contributed by atoms with Crippen molar-refractivity contribution in [3.8, 4) is 5.75 Å². The maximum atomic E-state index is 14.3. The van der Waals surface area contributed by atoms with Crippen molar-refractivity contribution in [3.05, 3.63) is 83.4 Å². The van der Waals surface area contributed by atoms with Gasteiger partial charge in [0.1, 0.15) is 11.3 Å². The number of aryl methyl sites for hydroxylation is 2. The molecule has 1 saturated heterocycles. The fraction of sp³-hybridized carbons (Fsp3) is 0.357. The van der Waals surface area contributed by atoms with Crippen LogP contribution in [0.15, 0.2) is 60.9 Å². The fourth-order valence-corrected chi connectivity index (χ4v) is 5.00. The number of hydrogen-bond donors (Lipinski definition) is 1. The highest BCUT2D eigenvalue weighted by atomic mass is 19.4. The van der Waals surface area contributed by atoms with Crippen LogP contribution in [0.25, 0.3) is 0 Å². The van der Waals surface area contributed by atoms with E-state index in [0.717, 1.165) is 39.5 Å². The van der Waals surface area contributed by atoms with Crippen LogP contribution in [0.1, 0.15) is 62.0 Å². The minimum Gasteiger partial charge on any atom is -0.406 e. The van der Waals surface area contributed by atoms with Crippen LogP contribution in [0.3, 0.4) is 0 Å². The lowest BCUT2D eigenvalue weighted by atomic mass is 9.69.